The number of ether oxygens (including phenoxy) is 1. The highest BCUT2D eigenvalue weighted by Crippen LogP contribution is 2.36. The molecule has 1 heterocycles. The SMILES string of the molecule is COc1c(Br)cc(Cl)cc1NCc1sc(C)nc1C. The molecule has 2 rings (SSSR count). The van der Waals surface area contributed by atoms with Crippen LogP contribution in [0.5, 0.6) is 5.75 Å². The van der Waals surface area contributed by atoms with Gasteiger partial charge in [-0.2, -0.15) is 0 Å². The molecule has 3 nitrogen and oxygen atoms in total. The number of halogens is 2. The quantitative estimate of drug-likeness (QED) is 0.849. The molecule has 0 bridgehead atoms. The summed E-state index contributed by atoms with van der Waals surface area (Å²) in [5.41, 5.74) is 1.93. The number of methoxy groups -OCH3 is 1. The molecule has 0 spiro atoms. The molecule has 1 aromatic heterocycles. The molecule has 2 aromatic rings. The van der Waals surface area contributed by atoms with Gasteiger partial charge in [-0.15, -0.1) is 11.3 Å². The molecule has 0 aliphatic rings. The van der Waals surface area contributed by atoms with Gasteiger partial charge >= 0.3 is 0 Å². The van der Waals surface area contributed by atoms with Crippen LogP contribution in [0, 0.1) is 13.8 Å². The molecule has 0 radical (unpaired) electrons. The number of nitrogens with one attached hydrogen (secondary N) is 1. The van der Waals surface area contributed by atoms with Gasteiger partial charge in [-0.1, -0.05) is 11.6 Å². The highest BCUT2D eigenvalue weighted by Gasteiger charge is 2.11. The fourth-order valence-electron chi connectivity index (χ4n) is 1.81. The highest BCUT2D eigenvalue weighted by molar-refractivity contribution is 9.10. The lowest BCUT2D eigenvalue weighted by molar-refractivity contribution is 0.414. The summed E-state index contributed by atoms with van der Waals surface area (Å²) in [4.78, 5) is 5.63. The summed E-state index contributed by atoms with van der Waals surface area (Å²) in [6, 6.07) is 3.67. The van der Waals surface area contributed by atoms with E-state index in [4.69, 9.17) is 16.3 Å². The van der Waals surface area contributed by atoms with Gasteiger partial charge in [0.25, 0.3) is 0 Å². The van der Waals surface area contributed by atoms with Crippen LogP contribution in [-0.2, 0) is 6.54 Å². The maximum absolute atomic E-state index is 6.06. The van der Waals surface area contributed by atoms with Crippen molar-refractivity contribution in [2.45, 2.75) is 20.4 Å². The lowest BCUT2D eigenvalue weighted by Crippen LogP contribution is -2.01. The van der Waals surface area contributed by atoms with Gasteiger partial charge in [0.2, 0.25) is 0 Å². The van der Waals surface area contributed by atoms with Gasteiger partial charge in [-0.25, -0.2) is 4.98 Å². The summed E-state index contributed by atoms with van der Waals surface area (Å²) in [7, 11) is 1.64. The number of benzene rings is 1. The van der Waals surface area contributed by atoms with E-state index in [9.17, 15) is 0 Å². The van der Waals surface area contributed by atoms with Gasteiger partial charge in [-0.05, 0) is 41.9 Å². The van der Waals surface area contributed by atoms with Gasteiger partial charge < -0.3 is 10.1 Å². The van der Waals surface area contributed by atoms with E-state index < -0.39 is 0 Å². The second kappa shape index (κ2) is 6.11. The fraction of sp³-hybridized carbons (Fsp3) is 0.308. The zero-order valence-electron chi connectivity index (χ0n) is 10.9. The lowest BCUT2D eigenvalue weighted by Gasteiger charge is -2.13. The lowest BCUT2D eigenvalue weighted by atomic mass is 10.3. The number of aromatic nitrogens is 1. The van der Waals surface area contributed by atoms with Crippen LogP contribution in [0.3, 0.4) is 0 Å². The number of hydrogen-bond acceptors (Lipinski definition) is 4. The Morgan fingerprint density at radius 2 is 2.16 bits per heavy atom. The molecule has 0 atom stereocenters. The Hall–Kier alpha value is -0.780. The second-order valence-electron chi connectivity index (χ2n) is 4.06. The number of thiazole rings is 1. The Kier molecular flexibility index (Phi) is 4.71. The van der Waals surface area contributed by atoms with Crippen molar-refractivity contribution < 1.29 is 4.74 Å². The van der Waals surface area contributed by atoms with E-state index in [1.54, 1.807) is 18.4 Å². The van der Waals surface area contributed by atoms with Crippen LogP contribution in [0.15, 0.2) is 16.6 Å². The Bertz CT molecular complexity index is 601. The molecule has 0 amide bonds. The Labute approximate surface area is 130 Å². The van der Waals surface area contributed by atoms with Gasteiger partial charge in [0, 0.05) is 9.90 Å². The summed E-state index contributed by atoms with van der Waals surface area (Å²) in [6.45, 7) is 4.74. The van der Waals surface area contributed by atoms with Crippen molar-refractivity contribution in [3.63, 3.8) is 0 Å². The third kappa shape index (κ3) is 3.41. The normalized spacial score (nSPS) is 10.6. The molecule has 0 aliphatic heterocycles. The second-order valence-corrected chi connectivity index (χ2v) is 6.64. The minimum Gasteiger partial charge on any atom is -0.493 e. The Morgan fingerprint density at radius 1 is 1.42 bits per heavy atom. The highest BCUT2D eigenvalue weighted by atomic mass is 79.9. The summed E-state index contributed by atoms with van der Waals surface area (Å²) >= 11 is 11.2. The van der Waals surface area contributed by atoms with E-state index in [0.29, 0.717) is 11.6 Å². The minimum absolute atomic E-state index is 0.660. The maximum atomic E-state index is 6.06. The summed E-state index contributed by atoms with van der Waals surface area (Å²) in [6.07, 6.45) is 0. The van der Waals surface area contributed by atoms with Crippen LogP contribution in [0.4, 0.5) is 5.69 Å². The number of nitrogens with zero attached hydrogens (tertiary/aromatic N) is 1. The number of anilines is 1. The van der Waals surface area contributed by atoms with Crippen molar-refractivity contribution in [2.75, 3.05) is 12.4 Å². The molecule has 19 heavy (non-hydrogen) atoms. The van der Waals surface area contributed by atoms with E-state index in [-0.39, 0.29) is 0 Å². The third-order valence-electron chi connectivity index (χ3n) is 2.65. The molecular weight excluding hydrogens is 348 g/mol. The van der Waals surface area contributed by atoms with Crippen molar-refractivity contribution >= 4 is 44.6 Å². The van der Waals surface area contributed by atoms with Gasteiger partial charge in [-0.3, -0.25) is 0 Å². The molecule has 0 fully saturated rings. The first-order chi connectivity index (χ1) is 9.01. The van der Waals surface area contributed by atoms with Crippen molar-refractivity contribution in [3.8, 4) is 5.75 Å². The van der Waals surface area contributed by atoms with Crippen LogP contribution < -0.4 is 10.1 Å². The van der Waals surface area contributed by atoms with Crippen LogP contribution in [0.25, 0.3) is 0 Å². The number of aryl methyl sites for hydroxylation is 2. The van der Waals surface area contributed by atoms with E-state index in [1.165, 1.54) is 4.88 Å². The number of rotatable bonds is 4. The van der Waals surface area contributed by atoms with Gasteiger partial charge in [0.05, 0.1) is 34.5 Å². The first-order valence-corrected chi connectivity index (χ1v) is 7.70. The van der Waals surface area contributed by atoms with E-state index in [0.717, 1.165) is 26.6 Å². The topological polar surface area (TPSA) is 34.1 Å². The Balaban J connectivity index is 2.22. The Morgan fingerprint density at radius 3 is 2.74 bits per heavy atom. The van der Waals surface area contributed by atoms with E-state index in [1.807, 2.05) is 26.0 Å². The summed E-state index contributed by atoms with van der Waals surface area (Å²) < 4.78 is 6.21. The zero-order chi connectivity index (χ0) is 14.0. The first-order valence-electron chi connectivity index (χ1n) is 5.71. The van der Waals surface area contributed by atoms with Crippen LogP contribution in [-0.4, -0.2) is 12.1 Å². The predicted molar refractivity (Wildman–Crippen MR) is 84.6 cm³/mol. The maximum Gasteiger partial charge on any atom is 0.156 e. The molecule has 0 aliphatic carbocycles. The summed E-state index contributed by atoms with van der Waals surface area (Å²) in [5.74, 6) is 0.753. The molecule has 0 unspecified atom stereocenters. The molecule has 1 aromatic carbocycles. The zero-order valence-corrected chi connectivity index (χ0v) is 14.0. The van der Waals surface area contributed by atoms with Gasteiger partial charge in [0.15, 0.2) is 5.75 Å². The number of hydrogen-bond donors (Lipinski definition) is 1. The van der Waals surface area contributed by atoms with Gasteiger partial charge in [0.1, 0.15) is 0 Å². The third-order valence-corrected chi connectivity index (χ3v) is 4.53. The van der Waals surface area contributed by atoms with E-state index >= 15 is 0 Å². The fourth-order valence-corrected chi connectivity index (χ4v) is 3.66. The largest absolute Gasteiger partial charge is 0.493 e. The van der Waals surface area contributed by atoms with Crippen LogP contribution >= 0.6 is 38.9 Å². The molecule has 102 valence electrons. The monoisotopic (exact) mass is 360 g/mol. The van der Waals surface area contributed by atoms with Crippen LogP contribution in [0.1, 0.15) is 15.6 Å². The standard InChI is InChI=1S/C13H14BrClN2OS/c1-7-12(19-8(2)17-7)6-16-11-5-9(15)4-10(14)13(11)18-3/h4-5,16H,6H2,1-3H3. The van der Waals surface area contributed by atoms with Crippen molar-refractivity contribution in [2.24, 2.45) is 0 Å². The average molecular weight is 362 g/mol. The molecule has 0 saturated carbocycles. The van der Waals surface area contributed by atoms with E-state index in [2.05, 4.69) is 26.2 Å². The van der Waals surface area contributed by atoms with Crippen molar-refractivity contribution in [3.05, 3.63) is 37.2 Å². The summed E-state index contributed by atoms with van der Waals surface area (Å²) in [5, 5.41) is 5.08. The average Bonchev–Trinajstić information content (AvgIpc) is 2.64. The predicted octanol–water partition coefficient (Wildman–Crippen LogP) is 4.80. The van der Waals surface area contributed by atoms with Crippen LogP contribution in [0.2, 0.25) is 5.02 Å². The molecular formula is C13H14BrClN2OS. The molecule has 6 heteroatoms. The molecule has 0 saturated heterocycles. The molecule has 1 N–H and O–H groups in total. The first kappa shape index (κ1) is 14.6. The minimum atomic E-state index is 0.660. The van der Waals surface area contributed by atoms with Crippen molar-refractivity contribution in [1.29, 1.82) is 0 Å². The van der Waals surface area contributed by atoms with Crippen molar-refractivity contribution in [1.82, 2.24) is 4.98 Å². The smallest absolute Gasteiger partial charge is 0.156 e.